The van der Waals surface area contributed by atoms with E-state index in [1.54, 1.807) is 4.72 Å². The number of rotatable bonds is 4. The van der Waals surface area contributed by atoms with E-state index in [-0.39, 0.29) is 11.8 Å². The van der Waals surface area contributed by atoms with Gasteiger partial charge in [0, 0.05) is 12.3 Å². The maximum atomic E-state index is 13.4. The van der Waals surface area contributed by atoms with Gasteiger partial charge in [-0.1, -0.05) is 0 Å². The molecule has 2 aromatic rings. The summed E-state index contributed by atoms with van der Waals surface area (Å²) in [5.41, 5.74) is 0.152. The van der Waals surface area contributed by atoms with E-state index in [1.165, 1.54) is 18.3 Å². The van der Waals surface area contributed by atoms with Gasteiger partial charge in [-0.3, -0.25) is 0 Å². The van der Waals surface area contributed by atoms with Crippen molar-refractivity contribution in [2.24, 2.45) is 0 Å². The van der Waals surface area contributed by atoms with Gasteiger partial charge in [-0.05, 0) is 12.1 Å². The average molecular weight is 321 g/mol. The summed E-state index contributed by atoms with van der Waals surface area (Å²) < 4.78 is 78.2. The highest BCUT2D eigenvalue weighted by molar-refractivity contribution is 7.89. The summed E-state index contributed by atoms with van der Waals surface area (Å²) in [7, 11) is -4.81. The fourth-order valence-electron chi connectivity index (χ4n) is 1.46. The van der Waals surface area contributed by atoms with E-state index in [0.29, 0.717) is 0 Å². The molecule has 0 spiro atoms. The molecule has 1 heterocycles. The van der Waals surface area contributed by atoms with Gasteiger partial charge in [0.1, 0.15) is 0 Å². The molecule has 0 aliphatic carbocycles. The second-order valence-corrected chi connectivity index (χ2v) is 5.54. The highest BCUT2D eigenvalue weighted by Gasteiger charge is 2.29. The first-order valence-corrected chi connectivity index (χ1v) is 6.90. The lowest BCUT2D eigenvalue weighted by molar-refractivity contribution is 0.418. The third kappa shape index (κ3) is 3.16. The van der Waals surface area contributed by atoms with Crippen molar-refractivity contribution in [1.82, 2.24) is 14.9 Å². The Balaban J connectivity index is 2.37. The van der Waals surface area contributed by atoms with E-state index in [4.69, 9.17) is 0 Å². The lowest BCUT2D eigenvalue weighted by atomic mass is 10.3. The molecule has 1 aromatic heterocycles. The molecule has 0 aliphatic heterocycles. The first-order chi connectivity index (χ1) is 9.83. The predicted molar refractivity (Wildman–Crippen MR) is 62.3 cm³/mol. The molecule has 0 radical (unpaired) electrons. The number of hydrogen-bond donors (Lipinski definition) is 1. The smallest absolute Gasteiger partial charge is 0.207 e. The molecule has 0 fully saturated rings. The second kappa shape index (κ2) is 5.74. The number of sulfonamides is 1. The van der Waals surface area contributed by atoms with Crippen LogP contribution in [0.1, 0.15) is 5.69 Å². The largest absolute Gasteiger partial charge is 0.247 e. The fraction of sp³-hybridized carbons (Fsp3) is 0.0909. The van der Waals surface area contributed by atoms with E-state index in [0.717, 1.165) is 0 Å². The van der Waals surface area contributed by atoms with Gasteiger partial charge in [0.25, 0.3) is 0 Å². The van der Waals surface area contributed by atoms with Crippen LogP contribution in [0.3, 0.4) is 0 Å². The minimum Gasteiger partial charge on any atom is -0.207 e. The third-order valence-electron chi connectivity index (χ3n) is 2.41. The molecule has 0 aliphatic rings. The molecule has 0 saturated carbocycles. The Bertz CT molecular complexity index is 743. The van der Waals surface area contributed by atoms with Crippen LogP contribution in [-0.4, -0.2) is 18.6 Å². The van der Waals surface area contributed by atoms with Crippen molar-refractivity contribution in [3.05, 3.63) is 53.4 Å². The maximum Gasteiger partial charge on any atom is 0.247 e. The van der Waals surface area contributed by atoms with Crippen molar-refractivity contribution < 1.29 is 26.0 Å². The highest BCUT2D eigenvalue weighted by Crippen LogP contribution is 2.23. The Morgan fingerprint density at radius 1 is 1.10 bits per heavy atom. The van der Waals surface area contributed by atoms with Crippen LogP contribution in [0.2, 0.25) is 0 Å². The highest BCUT2D eigenvalue weighted by atomic mass is 32.2. The SMILES string of the molecule is O=S(=O)(NCc1cccnn1)c1c(F)c(F)cc(F)c1F. The standard InChI is InChI=1S/C11H7F4N3O2S/c12-7-4-8(13)10(15)11(9(7)14)21(19,20)17-5-6-2-1-3-16-18-6/h1-4,17H,5H2. The van der Waals surface area contributed by atoms with E-state index >= 15 is 0 Å². The second-order valence-electron chi connectivity index (χ2n) is 3.84. The van der Waals surface area contributed by atoms with Crippen molar-refractivity contribution in [3.8, 4) is 0 Å². The number of halogens is 4. The molecule has 0 bridgehead atoms. The summed E-state index contributed by atoms with van der Waals surface area (Å²) in [6.07, 6.45) is 1.33. The van der Waals surface area contributed by atoms with Crippen LogP contribution in [0, 0.1) is 23.3 Å². The fourth-order valence-corrected chi connectivity index (χ4v) is 2.61. The Morgan fingerprint density at radius 2 is 1.71 bits per heavy atom. The lowest BCUT2D eigenvalue weighted by Crippen LogP contribution is -2.26. The van der Waals surface area contributed by atoms with Gasteiger partial charge < -0.3 is 0 Å². The third-order valence-corrected chi connectivity index (χ3v) is 3.83. The van der Waals surface area contributed by atoms with Crippen molar-refractivity contribution in [2.45, 2.75) is 11.4 Å². The van der Waals surface area contributed by atoms with E-state index < -0.39 is 44.7 Å². The summed E-state index contributed by atoms with van der Waals surface area (Å²) in [5, 5.41) is 7.01. The molecular formula is C11H7F4N3O2S. The quantitative estimate of drug-likeness (QED) is 0.684. The van der Waals surface area contributed by atoms with E-state index in [2.05, 4.69) is 10.2 Å². The Labute approximate surface area is 116 Å². The monoisotopic (exact) mass is 321 g/mol. The molecule has 2 rings (SSSR count). The van der Waals surface area contributed by atoms with Crippen molar-refractivity contribution in [1.29, 1.82) is 0 Å². The van der Waals surface area contributed by atoms with E-state index in [1.807, 2.05) is 0 Å². The minimum absolute atomic E-state index is 0.0770. The molecular weight excluding hydrogens is 314 g/mol. The van der Waals surface area contributed by atoms with Gasteiger partial charge in [-0.2, -0.15) is 10.2 Å². The van der Waals surface area contributed by atoms with Crippen LogP contribution >= 0.6 is 0 Å². The first-order valence-electron chi connectivity index (χ1n) is 5.42. The molecule has 0 atom stereocenters. The van der Waals surface area contributed by atoms with Crippen LogP contribution in [-0.2, 0) is 16.6 Å². The average Bonchev–Trinajstić information content (AvgIpc) is 2.44. The van der Waals surface area contributed by atoms with Crippen LogP contribution in [0.5, 0.6) is 0 Å². The predicted octanol–water partition coefficient (Wildman–Crippen LogP) is 1.51. The molecule has 10 heteroatoms. The maximum absolute atomic E-state index is 13.4. The molecule has 1 aromatic carbocycles. The summed E-state index contributed by atoms with van der Waals surface area (Å²) >= 11 is 0. The van der Waals surface area contributed by atoms with Gasteiger partial charge in [0.15, 0.2) is 28.2 Å². The Hall–Kier alpha value is -2.07. The number of benzene rings is 1. The van der Waals surface area contributed by atoms with Crippen molar-refractivity contribution >= 4 is 10.0 Å². The summed E-state index contributed by atoms with van der Waals surface area (Å²) in [5.74, 6) is -7.62. The molecule has 0 amide bonds. The normalized spacial score (nSPS) is 11.6. The lowest BCUT2D eigenvalue weighted by Gasteiger charge is -2.09. The molecule has 112 valence electrons. The minimum atomic E-state index is -4.81. The van der Waals surface area contributed by atoms with Crippen molar-refractivity contribution in [3.63, 3.8) is 0 Å². The molecule has 0 saturated heterocycles. The van der Waals surface area contributed by atoms with Crippen LogP contribution in [0.15, 0.2) is 29.3 Å². The zero-order valence-corrected chi connectivity index (χ0v) is 11.0. The molecule has 21 heavy (non-hydrogen) atoms. The van der Waals surface area contributed by atoms with Crippen molar-refractivity contribution in [2.75, 3.05) is 0 Å². The first kappa shape index (κ1) is 15.3. The number of hydrogen-bond acceptors (Lipinski definition) is 4. The molecule has 0 unspecified atom stereocenters. The summed E-state index contributed by atoms with van der Waals surface area (Å²) in [4.78, 5) is -1.72. The van der Waals surface area contributed by atoms with E-state index in [9.17, 15) is 26.0 Å². The van der Waals surface area contributed by atoms with Gasteiger partial charge in [-0.25, -0.2) is 30.7 Å². The van der Waals surface area contributed by atoms with Gasteiger partial charge in [0.2, 0.25) is 10.0 Å². The zero-order chi connectivity index (χ0) is 15.6. The number of aromatic nitrogens is 2. The van der Waals surface area contributed by atoms with Crippen LogP contribution < -0.4 is 4.72 Å². The van der Waals surface area contributed by atoms with Crippen LogP contribution in [0.25, 0.3) is 0 Å². The summed E-state index contributed by atoms with van der Waals surface area (Å²) in [6, 6.07) is 2.78. The van der Waals surface area contributed by atoms with Gasteiger partial charge >= 0.3 is 0 Å². The molecule has 5 nitrogen and oxygen atoms in total. The zero-order valence-electron chi connectivity index (χ0n) is 10.1. The summed E-state index contributed by atoms with van der Waals surface area (Å²) in [6.45, 7) is -0.451. The number of nitrogens with one attached hydrogen (secondary N) is 1. The van der Waals surface area contributed by atoms with Gasteiger partial charge in [-0.15, -0.1) is 0 Å². The Kier molecular flexibility index (Phi) is 4.19. The van der Waals surface area contributed by atoms with Gasteiger partial charge in [0.05, 0.1) is 12.2 Å². The topological polar surface area (TPSA) is 72.0 Å². The number of nitrogens with zero attached hydrogens (tertiary/aromatic N) is 2. The molecule has 1 N–H and O–H groups in total. The van der Waals surface area contributed by atoms with Crippen LogP contribution in [0.4, 0.5) is 17.6 Å². The Morgan fingerprint density at radius 3 is 2.24 bits per heavy atom.